The van der Waals surface area contributed by atoms with Gasteiger partial charge >= 0.3 is 0 Å². The van der Waals surface area contributed by atoms with Crippen LogP contribution in [0.3, 0.4) is 0 Å². The van der Waals surface area contributed by atoms with Crippen LogP contribution in [0.1, 0.15) is 47.2 Å². The molecule has 32 heavy (non-hydrogen) atoms. The molecule has 0 bridgehead atoms. The molecule has 0 radical (unpaired) electrons. The van der Waals surface area contributed by atoms with E-state index in [1.807, 2.05) is 36.9 Å². The zero-order valence-corrected chi connectivity index (χ0v) is 18.7. The minimum Gasteiger partial charge on any atom is -0.493 e. The highest BCUT2D eigenvalue weighted by atomic mass is 16.7. The van der Waals surface area contributed by atoms with Gasteiger partial charge in [-0.25, -0.2) is 0 Å². The molecule has 0 unspecified atom stereocenters. The van der Waals surface area contributed by atoms with Crippen LogP contribution in [0.5, 0.6) is 17.2 Å². The van der Waals surface area contributed by atoms with Crippen molar-refractivity contribution in [2.75, 3.05) is 26.5 Å². The van der Waals surface area contributed by atoms with Gasteiger partial charge in [0.1, 0.15) is 5.75 Å². The summed E-state index contributed by atoms with van der Waals surface area (Å²) in [4.78, 5) is 27.0. The summed E-state index contributed by atoms with van der Waals surface area (Å²) < 4.78 is 16.5. The van der Waals surface area contributed by atoms with E-state index in [2.05, 4.69) is 5.32 Å². The van der Waals surface area contributed by atoms with E-state index in [-0.39, 0.29) is 24.6 Å². The zero-order chi connectivity index (χ0) is 22.5. The Balaban J connectivity index is 1.17. The number of rotatable bonds is 7. The quantitative estimate of drug-likeness (QED) is 0.669. The van der Waals surface area contributed by atoms with E-state index >= 15 is 0 Å². The maximum atomic E-state index is 12.8. The van der Waals surface area contributed by atoms with Crippen molar-refractivity contribution < 1.29 is 23.8 Å². The first kappa shape index (κ1) is 22.0. The summed E-state index contributed by atoms with van der Waals surface area (Å²) in [5.74, 6) is 2.21. The average molecular weight is 439 g/mol. The van der Waals surface area contributed by atoms with Gasteiger partial charge in [-0.15, -0.1) is 0 Å². The number of carbonyl (C=O) groups is 2. The number of piperidine rings is 1. The molecule has 7 heteroatoms. The Hall–Kier alpha value is -3.22. The highest BCUT2D eigenvalue weighted by Crippen LogP contribution is 2.33. The first-order valence-corrected chi connectivity index (χ1v) is 11.2. The van der Waals surface area contributed by atoms with Crippen LogP contribution in [-0.4, -0.2) is 49.2 Å². The standard InChI is InChI=1S/C25H30N2O5/c1-17-5-3-6-18(2)24(17)30-14-4-7-23(28)26-20-10-12-27(13-11-20)25(29)19-8-9-21-22(15-19)32-16-31-21/h3,5-6,8-9,15,20H,4,7,10-14,16H2,1-2H3,(H,26,28). The van der Waals surface area contributed by atoms with Crippen molar-refractivity contribution in [3.63, 3.8) is 0 Å². The molecule has 0 atom stereocenters. The highest BCUT2D eigenvalue weighted by molar-refractivity contribution is 5.95. The van der Waals surface area contributed by atoms with Crippen LogP contribution in [0.15, 0.2) is 36.4 Å². The van der Waals surface area contributed by atoms with Crippen molar-refractivity contribution in [3.8, 4) is 17.2 Å². The fraction of sp³-hybridized carbons (Fsp3) is 0.440. The predicted octanol–water partition coefficient (Wildman–Crippen LogP) is 3.61. The number of para-hydroxylation sites is 1. The molecule has 1 fully saturated rings. The van der Waals surface area contributed by atoms with Gasteiger partial charge in [0.05, 0.1) is 6.61 Å². The van der Waals surface area contributed by atoms with E-state index in [1.165, 1.54) is 0 Å². The molecule has 1 saturated heterocycles. The predicted molar refractivity (Wildman–Crippen MR) is 120 cm³/mol. The number of fused-ring (bicyclic) bond motifs is 1. The second kappa shape index (κ2) is 9.94. The van der Waals surface area contributed by atoms with Crippen molar-refractivity contribution in [1.29, 1.82) is 0 Å². The molecule has 7 nitrogen and oxygen atoms in total. The normalized spacial score (nSPS) is 15.5. The van der Waals surface area contributed by atoms with E-state index in [0.29, 0.717) is 49.6 Å². The molecule has 170 valence electrons. The fourth-order valence-corrected chi connectivity index (χ4v) is 4.17. The van der Waals surface area contributed by atoms with Crippen LogP contribution >= 0.6 is 0 Å². The maximum Gasteiger partial charge on any atom is 0.253 e. The summed E-state index contributed by atoms with van der Waals surface area (Å²) in [6.07, 6.45) is 2.60. The Morgan fingerprint density at radius 3 is 2.53 bits per heavy atom. The molecule has 2 aliphatic rings. The number of likely N-dealkylation sites (tertiary alicyclic amines) is 1. The molecule has 0 aromatic heterocycles. The lowest BCUT2D eigenvalue weighted by atomic mass is 10.0. The van der Waals surface area contributed by atoms with Crippen molar-refractivity contribution in [3.05, 3.63) is 53.1 Å². The number of ether oxygens (including phenoxy) is 3. The third kappa shape index (κ3) is 5.15. The van der Waals surface area contributed by atoms with Gasteiger partial charge in [0.25, 0.3) is 5.91 Å². The summed E-state index contributed by atoms with van der Waals surface area (Å²) in [7, 11) is 0. The number of benzene rings is 2. The fourth-order valence-electron chi connectivity index (χ4n) is 4.17. The van der Waals surface area contributed by atoms with E-state index in [0.717, 1.165) is 29.7 Å². The lowest BCUT2D eigenvalue weighted by Crippen LogP contribution is -2.46. The van der Waals surface area contributed by atoms with Gasteiger partial charge in [0.2, 0.25) is 12.7 Å². The van der Waals surface area contributed by atoms with Gasteiger partial charge in [-0.3, -0.25) is 9.59 Å². The number of amides is 2. The first-order chi connectivity index (χ1) is 15.5. The van der Waals surface area contributed by atoms with E-state index in [9.17, 15) is 9.59 Å². The third-order valence-corrected chi connectivity index (χ3v) is 5.97. The second-order valence-corrected chi connectivity index (χ2v) is 8.37. The van der Waals surface area contributed by atoms with Crippen LogP contribution in [0.4, 0.5) is 0 Å². The first-order valence-electron chi connectivity index (χ1n) is 11.2. The molecule has 0 aliphatic carbocycles. The lowest BCUT2D eigenvalue weighted by Gasteiger charge is -2.32. The minimum absolute atomic E-state index is 0.0169. The third-order valence-electron chi connectivity index (χ3n) is 5.97. The Labute approximate surface area is 188 Å². The van der Waals surface area contributed by atoms with Gasteiger partial charge in [0, 0.05) is 31.1 Å². The summed E-state index contributed by atoms with van der Waals surface area (Å²) >= 11 is 0. The number of aryl methyl sites for hydroxylation is 2. The summed E-state index contributed by atoms with van der Waals surface area (Å²) in [6, 6.07) is 11.4. The van der Waals surface area contributed by atoms with Crippen LogP contribution in [0, 0.1) is 13.8 Å². The van der Waals surface area contributed by atoms with Crippen molar-refractivity contribution in [1.82, 2.24) is 10.2 Å². The number of hydrogen-bond acceptors (Lipinski definition) is 5. The number of carbonyl (C=O) groups excluding carboxylic acids is 2. The number of nitrogens with one attached hydrogen (secondary N) is 1. The van der Waals surface area contributed by atoms with E-state index < -0.39 is 0 Å². The molecular formula is C25H30N2O5. The van der Waals surface area contributed by atoms with Crippen molar-refractivity contribution in [2.24, 2.45) is 0 Å². The molecule has 2 amide bonds. The molecule has 2 aliphatic heterocycles. The minimum atomic E-state index is -0.0169. The molecule has 2 aromatic rings. The molecule has 4 rings (SSSR count). The lowest BCUT2D eigenvalue weighted by molar-refractivity contribution is -0.122. The molecule has 0 spiro atoms. The largest absolute Gasteiger partial charge is 0.493 e. The average Bonchev–Trinajstić information content (AvgIpc) is 3.26. The Kier molecular flexibility index (Phi) is 6.83. The highest BCUT2D eigenvalue weighted by Gasteiger charge is 2.26. The van der Waals surface area contributed by atoms with Gasteiger partial charge in [-0.1, -0.05) is 18.2 Å². The monoisotopic (exact) mass is 438 g/mol. The van der Waals surface area contributed by atoms with E-state index in [1.54, 1.807) is 18.2 Å². The van der Waals surface area contributed by atoms with Crippen LogP contribution < -0.4 is 19.5 Å². The maximum absolute atomic E-state index is 12.8. The summed E-state index contributed by atoms with van der Waals surface area (Å²) in [5.41, 5.74) is 2.81. The number of nitrogens with zero attached hydrogens (tertiary/aromatic N) is 1. The van der Waals surface area contributed by atoms with Crippen LogP contribution in [0.2, 0.25) is 0 Å². The molecule has 1 N–H and O–H groups in total. The van der Waals surface area contributed by atoms with Gasteiger partial charge < -0.3 is 24.4 Å². The van der Waals surface area contributed by atoms with Crippen molar-refractivity contribution >= 4 is 11.8 Å². The SMILES string of the molecule is Cc1cccc(C)c1OCCCC(=O)NC1CCN(C(=O)c2ccc3c(c2)OCO3)CC1. The Bertz CT molecular complexity index is 962. The Morgan fingerprint density at radius 2 is 1.78 bits per heavy atom. The van der Waals surface area contributed by atoms with Gasteiger partial charge in [-0.2, -0.15) is 0 Å². The molecule has 0 saturated carbocycles. The topological polar surface area (TPSA) is 77.1 Å². The zero-order valence-electron chi connectivity index (χ0n) is 18.7. The van der Waals surface area contributed by atoms with E-state index in [4.69, 9.17) is 14.2 Å². The van der Waals surface area contributed by atoms with Crippen molar-refractivity contribution in [2.45, 2.75) is 45.6 Å². The van der Waals surface area contributed by atoms with Gasteiger partial charge in [-0.05, 0) is 62.4 Å². The smallest absolute Gasteiger partial charge is 0.253 e. The number of hydrogen-bond donors (Lipinski definition) is 1. The summed E-state index contributed by atoms with van der Waals surface area (Å²) in [6.45, 7) is 6.00. The Morgan fingerprint density at radius 1 is 1.06 bits per heavy atom. The van der Waals surface area contributed by atoms with Crippen LogP contribution in [-0.2, 0) is 4.79 Å². The molecule has 2 heterocycles. The molecular weight excluding hydrogens is 408 g/mol. The molecule has 2 aromatic carbocycles. The van der Waals surface area contributed by atoms with Gasteiger partial charge in [0.15, 0.2) is 11.5 Å². The van der Waals surface area contributed by atoms with Crippen LogP contribution in [0.25, 0.3) is 0 Å². The second-order valence-electron chi connectivity index (χ2n) is 8.37. The summed E-state index contributed by atoms with van der Waals surface area (Å²) in [5, 5.41) is 3.10.